The maximum atomic E-state index is 12.1. The zero-order chi connectivity index (χ0) is 14.7. The van der Waals surface area contributed by atoms with Gasteiger partial charge in [0.05, 0.1) is 25.2 Å². The summed E-state index contributed by atoms with van der Waals surface area (Å²) >= 11 is 0. The number of nitrogens with two attached hydrogens (primary N) is 1. The molecule has 20 heavy (non-hydrogen) atoms. The molecule has 0 saturated carbocycles. The van der Waals surface area contributed by atoms with Crippen molar-refractivity contribution in [1.82, 2.24) is 9.72 Å². The molecule has 0 aromatic carbocycles. The summed E-state index contributed by atoms with van der Waals surface area (Å²) in [7, 11) is 1.57. The van der Waals surface area contributed by atoms with Crippen molar-refractivity contribution in [3.8, 4) is 5.75 Å². The first kappa shape index (κ1) is 14.1. The molecule has 0 saturated heterocycles. The number of hydrogen-bond donors (Lipinski definition) is 2. The lowest BCUT2D eigenvalue weighted by molar-refractivity contribution is -0.121. The summed E-state index contributed by atoms with van der Waals surface area (Å²) in [5.41, 5.74) is 6.70. The zero-order valence-corrected chi connectivity index (χ0v) is 11.4. The number of aromatic nitrogens is 1. The molecule has 3 N–H and O–H groups in total. The number of carbonyl (C=O) groups is 2. The molecule has 0 aliphatic heterocycles. The summed E-state index contributed by atoms with van der Waals surface area (Å²) in [6.45, 7) is 1.50. The Morgan fingerprint density at radius 2 is 2.10 bits per heavy atom. The van der Waals surface area contributed by atoms with E-state index < -0.39 is 6.04 Å². The van der Waals surface area contributed by atoms with Gasteiger partial charge in [-0.15, -0.1) is 0 Å². The SMILES string of the molecule is COc1ccn2ccc(C(=O)CNC(=O)[C@H](C)N)c2c1. The van der Waals surface area contributed by atoms with Crippen molar-refractivity contribution in [1.29, 1.82) is 0 Å². The first-order chi connectivity index (χ1) is 9.52. The largest absolute Gasteiger partial charge is 0.497 e. The van der Waals surface area contributed by atoms with Gasteiger partial charge in [0.2, 0.25) is 5.91 Å². The normalized spacial score (nSPS) is 12.2. The second-order valence-corrected chi connectivity index (χ2v) is 4.52. The van der Waals surface area contributed by atoms with Crippen molar-refractivity contribution >= 4 is 17.2 Å². The van der Waals surface area contributed by atoms with Crippen LogP contribution in [0.15, 0.2) is 30.6 Å². The minimum atomic E-state index is -0.631. The molecule has 0 unspecified atom stereocenters. The van der Waals surface area contributed by atoms with Crippen LogP contribution in [0.5, 0.6) is 5.75 Å². The Morgan fingerprint density at radius 1 is 1.40 bits per heavy atom. The topological polar surface area (TPSA) is 85.8 Å². The fourth-order valence-electron chi connectivity index (χ4n) is 1.86. The van der Waals surface area contributed by atoms with Crippen molar-refractivity contribution in [2.75, 3.05) is 13.7 Å². The predicted molar refractivity (Wildman–Crippen MR) is 74.9 cm³/mol. The van der Waals surface area contributed by atoms with Crippen LogP contribution in [0.3, 0.4) is 0 Å². The summed E-state index contributed by atoms with van der Waals surface area (Å²) in [5.74, 6) is 0.152. The van der Waals surface area contributed by atoms with Gasteiger partial charge in [-0.1, -0.05) is 0 Å². The van der Waals surface area contributed by atoms with Crippen LogP contribution in [-0.4, -0.2) is 35.8 Å². The first-order valence-electron chi connectivity index (χ1n) is 6.24. The molecule has 0 bridgehead atoms. The molecule has 0 aliphatic carbocycles. The van der Waals surface area contributed by atoms with E-state index in [1.54, 1.807) is 38.4 Å². The van der Waals surface area contributed by atoms with Crippen LogP contribution in [0.1, 0.15) is 17.3 Å². The van der Waals surface area contributed by atoms with E-state index >= 15 is 0 Å². The third-order valence-corrected chi connectivity index (χ3v) is 3.01. The fourth-order valence-corrected chi connectivity index (χ4v) is 1.86. The maximum absolute atomic E-state index is 12.1. The lowest BCUT2D eigenvalue weighted by Gasteiger charge is -2.07. The monoisotopic (exact) mass is 275 g/mol. The lowest BCUT2D eigenvalue weighted by Crippen LogP contribution is -2.40. The Hall–Kier alpha value is -2.34. The summed E-state index contributed by atoms with van der Waals surface area (Å²) in [6.07, 6.45) is 3.60. The van der Waals surface area contributed by atoms with Gasteiger partial charge in [0.1, 0.15) is 5.75 Å². The highest BCUT2D eigenvalue weighted by atomic mass is 16.5. The molecule has 6 heteroatoms. The Bertz CT molecular complexity index is 646. The highest BCUT2D eigenvalue weighted by Gasteiger charge is 2.14. The summed E-state index contributed by atoms with van der Waals surface area (Å²) in [6, 6.07) is 4.67. The Balaban J connectivity index is 2.19. The molecule has 2 heterocycles. The zero-order valence-electron chi connectivity index (χ0n) is 11.4. The number of hydrogen-bond acceptors (Lipinski definition) is 4. The van der Waals surface area contributed by atoms with E-state index in [1.807, 2.05) is 10.6 Å². The van der Waals surface area contributed by atoms with Crippen LogP contribution in [0.2, 0.25) is 0 Å². The summed E-state index contributed by atoms with van der Waals surface area (Å²) < 4.78 is 6.97. The average Bonchev–Trinajstić information content (AvgIpc) is 2.86. The number of nitrogens with one attached hydrogen (secondary N) is 1. The van der Waals surface area contributed by atoms with Crippen LogP contribution in [0, 0.1) is 0 Å². The van der Waals surface area contributed by atoms with Crippen molar-refractivity contribution < 1.29 is 14.3 Å². The highest BCUT2D eigenvalue weighted by Crippen LogP contribution is 2.19. The number of pyridine rings is 1. The Labute approximate surface area is 116 Å². The molecule has 0 radical (unpaired) electrons. The molecule has 0 spiro atoms. The van der Waals surface area contributed by atoms with E-state index in [0.717, 1.165) is 5.52 Å². The van der Waals surface area contributed by atoms with Crippen LogP contribution in [0.4, 0.5) is 0 Å². The molecule has 1 amide bonds. The third kappa shape index (κ3) is 2.80. The van der Waals surface area contributed by atoms with Gasteiger partial charge in [0, 0.05) is 24.0 Å². The Morgan fingerprint density at radius 3 is 2.75 bits per heavy atom. The number of ketones is 1. The summed E-state index contributed by atoms with van der Waals surface area (Å²) in [5, 5.41) is 2.51. The molecule has 2 rings (SSSR count). The van der Waals surface area contributed by atoms with Gasteiger partial charge in [-0.25, -0.2) is 0 Å². The van der Waals surface area contributed by atoms with Gasteiger partial charge in [-0.05, 0) is 19.1 Å². The van der Waals surface area contributed by atoms with E-state index in [1.165, 1.54) is 0 Å². The smallest absolute Gasteiger partial charge is 0.237 e. The quantitative estimate of drug-likeness (QED) is 0.782. The number of rotatable bonds is 5. The van der Waals surface area contributed by atoms with Crippen molar-refractivity contribution in [3.05, 3.63) is 36.2 Å². The van der Waals surface area contributed by atoms with Gasteiger partial charge in [-0.2, -0.15) is 0 Å². The molecule has 0 aliphatic rings. The molecule has 2 aromatic rings. The molecule has 1 atom stereocenters. The van der Waals surface area contributed by atoms with Crippen molar-refractivity contribution in [2.24, 2.45) is 5.73 Å². The number of amides is 1. The van der Waals surface area contributed by atoms with E-state index in [-0.39, 0.29) is 18.2 Å². The van der Waals surface area contributed by atoms with Crippen LogP contribution in [-0.2, 0) is 4.79 Å². The lowest BCUT2D eigenvalue weighted by atomic mass is 10.1. The number of Topliss-reactive ketones (excluding diaryl/α,β-unsaturated/α-hetero) is 1. The molecule has 106 valence electrons. The first-order valence-corrected chi connectivity index (χ1v) is 6.24. The van der Waals surface area contributed by atoms with Crippen LogP contribution in [0.25, 0.3) is 5.52 Å². The Kier molecular flexibility index (Phi) is 4.05. The minimum Gasteiger partial charge on any atom is -0.497 e. The van der Waals surface area contributed by atoms with E-state index in [2.05, 4.69) is 5.32 Å². The molecule has 6 nitrogen and oxygen atoms in total. The van der Waals surface area contributed by atoms with Crippen molar-refractivity contribution in [2.45, 2.75) is 13.0 Å². The number of fused-ring (bicyclic) bond motifs is 1. The van der Waals surface area contributed by atoms with Crippen molar-refractivity contribution in [3.63, 3.8) is 0 Å². The molecule has 0 fully saturated rings. The number of nitrogens with zero attached hydrogens (tertiary/aromatic N) is 1. The fraction of sp³-hybridized carbons (Fsp3) is 0.286. The molecular formula is C14H17N3O3. The number of ether oxygens (including phenoxy) is 1. The van der Waals surface area contributed by atoms with Gasteiger partial charge in [-0.3, -0.25) is 9.59 Å². The predicted octanol–water partition coefficient (Wildman–Crippen LogP) is 0.594. The molecule has 2 aromatic heterocycles. The molecular weight excluding hydrogens is 258 g/mol. The standard InChI is InChI=1S/C14H17N3O3/c1-9(15)14(19)16-8-13(18)11-4-6-17-5-3-10(20-2)7-12(11)17/h3-7,9H,8,15H2,1-2H3,(H,16,19)/t9-/m0/s1. The van der Waals surface area contributed by atoms with Crippen LogP contribution >= 0.6 is 0 Å². The third-order valence-electron chi connectivity index (χ3n) is 3.01. The number of carbonyl (C=O) groups excluding carboxylic acids is 2. The summed E-state index contributed by atoms with van der Waals surface area (Å²) in [4.78, 5) is 23.5. The average molecular weight is 275 g/mol. The van der Waals surface area contributed by atoms with Crippen LogP contribution < -0.4 is 15.8 Å². The maximum Gasteiger partial charge on any atom is 0.237 e. The van der Waals surface area contributed by atoms with E-state index in [4.69, 9.17) is 10.5 Å². The van der Waals surface area contributed by atoms with E-state index in [0.29, 0.717) is 11.3 Å². The van der Waals surface area contributed by atoms with Gasteiger partial charge in [0.25, 0.3) is 0 Å². The van der Waals surface area contributed by atoms with Gasteiger partial charge >= 0.3 is 0 Å². The minimum absolute atomic E-state index is 0.0722. The van der Waals surface area contributed by atoms with E-state index in [9.17, 15) is 9.59 Å². The second kappa shape index (κ2) is 5.75. The van der Waals surface area contributed by atoms with Gasteiger partial charge in [0.15, 0.2) is 5.78 Å². The number of methoxy groups -OCH3 is 1. The highest BCUT2D eigenvalue weighted by molar-refractivity contribution is 6.05. The van der Waals surface area contributed by atoms with Gasteiger partial charge < -0.3 is 20.2 Å². The second-order valence-electron chi connectivity index (χ2n) is 4.52.